The lowest BCUT2D eigenvalue weighted by molar-refractivity contribution is -0.137. The summed E-state index contributed by atoms with van der Waals surface area (Å²) in [6.45, 7) is 0. The highest BCUT2D eigenvalue weighted by molar-refractivity contribution is 6.12. The molecule has 0 radical (unpaired) electrons. The number of para-hydroxylation sites is 3. The van der Waals surface area contributed by atoms with Crippen molar-refractivity contribution in [1.29, 1.82) is 0 Å². The van der Waals surface area contributed by atoms with Gasteiger partial charge < -0.3 is 9.13 Å². The molecule has 0 bridgehead atoms. The van der Waals surface area contributed by atoms with Crippen molar-refractivity contribution in [1.82, 2.24) is 24.1 Å². The summed E-state index contributed by atoms with van der Waals surface area (Å²) in [7, 11) is 0. The van der Waals surface area contributed by atoms with Gasteiger partial charge >= 0.3 is 6.18 Å². The van der Waals surface area contributed by atoms with Gasteiger partial charge in [-0.1, -0.05) is 133 Å². The maximum absolute atomic E-state index is 14.1. The number of rotatable bonds is 6. The number of aromatic nitrogens is 5. The minimum Gasteiger partial charge on any atom is -0.309 e. The van der Waals surface area contributed by atoms with Gasteiger partial charge in [0, 0.05) is 43.9 Å². The van der Waals surface area contributed by atoms with Gasteiger partial charge in [0.25, 0.3) is 0 Å². The highest BCUT2D eigenvalue weighted by Gasteiger charge is 2.30. The average molecular weight is 784 g/mol. The van der Waals surface area contributed by atoms with Gasteiger partial charge in [-0.2, -0.15) is 13.2 Å². The molecule has 0 atom stereocenters. The van der Waals surface area contributed by atoms with Crippen LogP contribution in [0.4, 0.5) is 13.2 Å². The monoisotopic (exact) mass is 783 g/mol. The average Bonchev–Trinajstić information content (AvgIpc) is 3.81. The van der Waals surface area contributed by atoms with E-state index in [1.807, 2.05) is 91.0 Å². The Bertz CT molecular complexity index is 3310. The van der Waals surface area contributed by atoms with E-state index in [0.29, 0.717) is 39.9 Å². The molecule has 3 aromatic heterocycles. The molecule has 0 aliphatic rings. The molecule has 8 aromatic carbocycles. The quantitative estimate of drug-likeness (QED) is 0.169. The van der Waals surface area contributed by atoms with Crippen LogP contribution in [-0.2, 0) is 6.18 Å². The molecule has 286 valence electrons. The molecule has 8 heteroatoms. The van der Waals surface area contributed by atoms with Gasteiger partial charge in [0.05, 0.1) is 33.3 Å². The summed E-state index contributed by atoms with van der Waals surface area (Å²) in [5, 5.41) is 4.39. The minimum atomic E-state index is -4.49. The van der Waals surface area contributed by atoms with Crippen molar-refractivity contribution in [3.63, 3.8) is 0 Å². The molecule has 5 nitrogen and oxygen atoms in total. The third-order valence-corrected chi connectivity index (χ3v) is 11.2. The van der Waals surface area contributed by atoms with Gasteiger partial charge in [-0.25, -0.2) is 15.0 Å². The smallest absolute Gasteiger partial charge is 0.309 e. The fraction of sp³-hybridized carbons (Fsp3) is 0.0192. The molecule has 0 saturated carbocycles. The summed E-state index contributed by atoms with van der Waals surface area (Å²) in [5.74, 6) is 1.44. The van der Waals surface area contributed by atoms with Crippen LogP contribution >= 0.6 is 0 Å². The summed E-state index contributed by atoms with van der Waals surface area (Å²) in [4.78, 5) is 15.1. The zero-order chi connectivity index (χ0) is 40.4. The fourth-order valence-corrected chi connectivity index (χ4v) is 8.45. The number of nitrogens with zero attached hydrogens (tertiary/aromatic N) is 5. The van der Waals surface area contributed by atoms with Crippen LogP contribution in [0, 0.1) is 0 Å². The Labute approximate surface area is 342 Å². The SMILES string of the molecule is FC(F)(F)c1cccc(-c2ccc(-c3nc(-c4ccccc4)nc(-c4ccccc4)n3)c(-n3c4ccccc4c4cc(-n5c6ccccc6c6ccccc65)ccc43)c2)c1. The molecule has 0 aliphatic carbocycles. The van der Waals surface area contributed by atoms with Gasteiger partial charge in [0.15, 0.2) is 17.5 Å². The molecule has 0 N–H and O–H groups in total. The molecule has 3 heterocycles. The van der Waals surface area contributed by atoms with Gasteiger partial charge in [-0.15, -0.1) is 0 Å². The first-order chi connectivity index (χ1) is 29.4. The van der Waals surface area contributed by atoms with Crippen molar-refractivity contribution in [2.45, 2.75) is 6.18 Å². The first-order valence-corrected chi connectivity index (χ1v) is 19.6. The number of fused-ring (bicyclic) bond motifs is 6. The van der Waals surface area contributed by atoms with Crippen LogP contribution in [0.3, 0.4) is 0 Å². The van der Waals surface area contributed by atoms with E-state index in [0.717, 1.165) is 55.7 Å². The Morgan fingerprint density at radius 3 is 1.43 bits per heavy atom. The van der Waals surface area contributed by atoms with E-state index in [1.165, 1.54) is 22.9 Å². The van der Waals surface area contributed by atoms with Crippen LogP contribution in [0.15, 0.2) is 194 Å². The molecule has 11 aromatic rings. The minimum absolute atomic E-state index is 0.432. The van der Waals surface area contributed by atoms with E-state index >= 15 is 0 Å². The largest absolute Gasteiger partial charge is 0.416 e. The van der Waals surface area contributed by atoms with Gasteiger partial charge in [0.2, 0.25) is 0 Å². The molecule has 0 unspecified atom stereocenters. The van der Waals surface area contributed by atoms with E-state index < -0.39 is 11.7 Å². The van der Waals surface area contributed by atoms with Crippen molar-refractivity contribution in [2.75, 3.05) is 0 Å². The van der Waals surface area contributed by atoms with Crippen LogP contribution in [0.25, 0.3) is 100 Å². The third-order valence-electron chi connectivity index (χ3n) is 11.2. The van der Waals surface area contributed by atoms with Gasteiger partial charge in [0.1, 0.15) is 0 Å². The van der Waals surface area contributed by atoms with E-state index in [4.69, 9.17) is 15.0 Å². The zero-order valence-electron chi connectivity index (χ0n) is 31.8. The molecule has 0 spiro atoms. The van der Waals surface area contributed by atoms with Crippen molar-refractivity contribution in [2.24, 2.45) is 0 Å². The van der Waals surface area contributed by atoms with Crippen LogP contribution in [-0.4, -0.2) is 24.1 Å². The molecule has 60 heavy (non-hydrogen) atoms. The lowest BCUT2D eigenvalue weighted by atomic mass is 9.99. The number of benzene rings is 8. The van der Waals surface area contributed by atoms with E-state index in [9.17, 15) is 13.2 Å². The zero-order valence-corrected chi connectivity index (χ0v) is 31.8. The number of alkyl halides is 3. The van der Waals surface area contributed by atoms with Crippen molar-refractivity contribution < 1.29 is 13.2 Å². The number of hydrogen-bond acceptors (Lipinski definition) is 3. The standard InChI is InChI=1S/C52H32F3N5/c53-52(54,55)37-19-13-18-35(30-37)36-26-28-42(51-57-49(33-14-3-1-4-15-33)56-50(58-51)34-16-5-2-6-17-34)48(31-36)60-46-25-12-9-22-41(46)43-32-38(27-29-47(43)60)59-44-23-10-7-20-39(44)40-21-8-11-24-45(40)59/h1-32H. The second-order valence-electron chi connectivity index (χ2n) is 14.8. The molecule has 0 aliphatic heterocycles. The molecular formula is C52H32F3N5. The van der Waals surface area contributed by atoms with Gasteiger partial charge in [-0.05, 0) is 71.8 Å². The van der Waals surface area contributed by atoms with Crippen LogP contribution in [0.2, 0.25) is 0 Å². The van der Waals surface area contributed by atoms with Crippen molar-refractivity contribution >= 4 is 43.6 Å². The second kappa shape index (κ2) is 13.9. The van der Waals surface area contributed by atoms with E-state index in [2.05, 4.69) is 88.0 Å². The summed E-state index contributed by atoms with van der Waals surface area (Å²) < 4.78 is 46.6. The van der Waals surface area contributed by atoms with Crippen molar-refractivity contribution in [3.8, 4) is 56.7 Å². The Balaban J connectivity index is 1.19. The molecule has 0 amide bonds. The van der Waals surface area contributed by atoms with Crippen LogP contribution < -0.4 is 0 Å². The maximum atomic E-state index is 14.1. The fourth-order valence-electron chi connectivity index (χ4n) is 8.45. The molecular weight excluding hydrogens is 752 g/mol. The lowest BCUT2D eigenvalue weighted by Crippen LogP contribution is -2.05. The Hall–Kier alpha value is -7.84. The molecule has 0 fully saturated rings. The summed E-state index contributed by atoms with van der Waals surface area (Å²) >= 11 is 0. The van der Waals surface area contributed by atoms with Gasteiger partial charge in [-0.3, -0.25) is 0 Å². The Kier molecular flexibility index (Phi) is 8.20. The number of hydrogen-bond donors (Lipinski definition) is 0. The van der Waals surface area contributed by atoms with E-state index in [-0.39, 0.29) is 0 Å². The summed E-state index contributed by atoms with van der Waals surface area (Å²) in [5.41, 5.74) is 8.49. The lowest BCUT2D eigenvalue weighted by Gasteiger charge is -2.17. The molecule has 11 rings (SSSR count). The first kappa shape index (κ1) is 35.3. The second-order valence-corrected chi connectivity index (χ2v) is 14.8. The third kappa shape index (κ3) is 5.91. The summed E-state index contributed by atoms with van der Waals surface area (Å²) in [6, 6.07) is 62.3. The topological polar surface area (TPSA) is 48.5 Å². The summed E-state index contributed by atoms with van der Waals surface area (Å²) in [6.07, 6.45) is -4.49. The predicted octanol–water partition coefficient (Wildman–Crippen LogP) is 13.8. The normalized spacial score (nSPS) is 11.9. The van der Waals surface area contributed by atoms with Crippen LogP contribution in [0.5, 0.6) is 0 Å². The van der Waals surface area contributed by atoms with Crippen molar-refractivity contribution in [3.05, 3.63) is 200 Å². The first-order valence-electron chi connectivity index (χ1n) is 19.6. The highest BCUT2D eigenvalue weighted by atomic mass is 19.4. The maximum Gasteiger partial charge on any atom is 0.416 e. The Morgan fingerprint density at radius 1 is 0.350 bits per heavy atom. The van der Waals surface area contributed by atoms with Crippen LogP contribution in [0.1, 0.15) is 5.56 Å². The molecule has 0 saturated heterocycles. The highest BCUT2D eigenvalue weighted by Crippen LogP contribution is 2.41. The predicted molar refractivity (Wildman–Crippen MR) is 235 cm³/mol. The number of halogens is 3. The van der Waals surface area contributed by atoms with E-state index in [1.54, 1.807) is 6.07 Å². The Morgan fingerprint density at radius 2 is 0.833 bits per heavy atom.